The van der Waals surface area contributed by atoms with Crippen molar-refractivity contribution in [1.82, 2.24) is 0 Å². The molecule has 1 aromatic heterocycles. The van der Waals surface area contributed by atoms with Crippen LogP contribution >= 0.6 is 0 Å². The van der Waals surface area contributed by atoms with Crippen LogP contribution < -0.4 is 14.7 Å². The van der Waals surface area contributed by atoms with E-state index >= 15 is 0 Å². The van der Waals surface area contributed by atoms with E-state index in [1.807, 2.05) is 30.3 Å². The van der Waals surface area contributed by atoms with Gasteiger partial charge in [-0.25, -0.2) is 0 Å². The number of ketones is 1. The number of allylic oxidation sites excluding steroid dienone is 1. The number of nitrogens with one attached hydrogen (secondary N) is 1. The molecule has 0 saturated carbocycles. The molecule has 1 N–H and O–H groups in total. The zero-order chi connectivity index (χ0) is 22.1. The van der Waals surface area contributed by atoms with Gasteiger partial charge in [0.1, 0.15) is 23.6 Å². The number of rotatable bonds is 7. The predicted octanol–water partition coefficient (Wildman–Crippen LogP) is 3.82. The maximum absolute atomic E-state index is 13.0. The number of ether oxygens (including phenoxy) is 1. The van der Waals surface area contributed by atoms with Crippen molar-refractivity contribution < 1.29 is 24.0 Å². The number of fused-ring (bicyclic) bond motifs is 2. The van der Waals surface area contributed by atoms with Gasteiger partial charge in [-0.2, -0.15) is 0 Å². The summed E-state index contributed by atoms with van der Waals surface area (Å²) in [7, 11) is 0. The molecule has 0 fully saturated rings. The maximum atomic E-state index is 13.0. The van der Waals surface area contributed by atoms with Crippen LogP contribution in [0.15, 0.2) is 52.6 Å². The van der Waals surface area contributed by atoms with E-state index in [1.54, 1.807) is 12.1 Å². The highest BCUT2D eigenvalue weighted by Crippen LogP contribution is 2.38. The number of quaternary nitrogens is 1. The van der Waals surface area contributed by atoms with Gasteiger partial charge < -0.3 is 19.2 Å². The molecule has 162 valence electrons. The molecule has 0 bridgehead atoms. The van der Waals surface area contributed by atoms with Crippen LogP contribution in [0.1, 0.15) is 49.4 Å². The second-order valence-electron chi connectivity index (χ2n) is 9.17. The Morgan fingerprint density at radius 2 is 1.74 bits per heavy atom. The Bertz CT molecular complexity index is 1100. The van der Waals surface area contributed by atoms with Crippen LogP contribution in [0.2, 0.25) is 0 Å². The minimum absolute atomic E-state index is 0.0819. The van der Waals surface area contributed by atoms with Crippen molar-refractivity contribution in [3.05, 3.63) is 65.1 Å². The lowest BCUT2D eigenvalue weighted by molar-refractivity contribution is -0.919. The Morgan fingerprint density at radius 3 is 2.42 bits per heavy atom. The number of Topliss-reactive ketones (excluding diaryl/α,β-unsaturated/α-hetero) is 1. The smallest absolute Gasteiger partial charge is 0.232 e. The van der Waals surface area contributed by atoms with Crippen LogP contribution in [0.5, 0.6) is 11.5 Å². The average Bonchev–Trinajstić information content (AvgIpc) is 3.24. The van der Waals surface area contributed by atoms with E-state index < -0.39 is 0 Å². The van der Waals surface area contributed by atoms with Gasteiger partial charge >= 0.3 is 0 Å². The quantitative estimate of drug-likeness (QED) is 0.591. The highest BCUT2D eigenvalue weighted by Gasteiger charge is 2.31. The van der Waals surface area contributed by atoms with Crippen molar-refractivity contribution in [3.8, 4) is 11.5 Å². The minimum atomic E-state index is -0.217. The highest BCUT2D eigenvalue weighted by atomic mass is 16.5. The highest BCUT2D eigenvalue weighted by molar-refractivity contribution is 6.14. The Balaban J connectivity index is 1.65. The van der Waals surface area contributed by atoms with Gasteiger partial charge in [-0.15, -0.1) is 0 Å². The summed E-state index contributed by atoms with van der Waals surface area (Å²) in [5.74, 6) is 1.86. The van der Waals surface area contributed by atoms with Gasteiger partial charge in [0.05, 0.1) is 18.7 Å². The number of hydrogen-bond donors (Lipinski definition) is 1. The Morgan fingerprint density at radius 1 is 1.03 bits per heavy atom. The molecule has 5 nitrogen and oxygen atoms in total. The fourth-order valence-corrected chi connectivity index (χ4v) is 4.29. The van der Waals surface area contributed by atoms with E-state index in [4.69, 9.17) is 9.15 Å². The van der Waals surface area contributed by atoms with E-state index in [2.05, 4.69) is 27.7 Å². The van der Waals surface area contributed by atoms with Crippen LogP contribution in [-0.4, -0.2) is 18.9 Å². The van der Waals surface area contributed by atoms with Gasteiger partial charge in [0.25, 0.3) is 0 Å². The number of furan rings is 1. The van der Waals surface area contributed by atoms with E-state index in [9.17, 15) is 9.90 Å². The van der Waals surface area contributed by atoms with Crippen molar-refractivity contribution in [1.29, 1.82) is 0 Å². The molecule has 4 rings (SSSR count). The molecule has 0 atom stereocenters. The zero-order valence-electron chi connectivity index (χ0n) is 18.5. The van der Waals surface area contributed by atoms with Gasteiger partial charge in [-0.3, -0.25) is 4.79 Å². The lowest BCUT2D eigenvalue weighted by Crippen LogP contribution is -3.11. The van der Waals surface area contributed by atoms with E-state index in [0.717, 1.165) is 24.1 Å². The Kier molecular flexibility index (Phi) is 5.88. The standard InChI is InChI=1S/C26H29NO4/c1-16(2)13-27(14-17(3)4)15-21-22(28)10-9-20-25(29)24(31-26(20)21)12-19-11-18-7-5-6-8-23(18)30-19/h5-12,16-17,28H,13-15H2,1-4H3/b24-12-. The predicted molar refractivity (Wildman–Crippen MR) is 119 cm³/mol. The van der Waals surface area contributed by atoms with Crippen LogP contribution in [0.25, 0.3) is 17.0 Å². The summed E-state index contributed by atoms with van der Waals surface area (Å²) < 4.78 is 11.8. The molecule has 0 unspecified atom stereocenters. The number of para-hydroxylation sites is 1. The SMILES string of the molecule is CC(C)C[NH+](Cc1c([O-])ccc2c1O/C(=C\c1cc3ccccc3o1)C2=O)CC(C)C. The molecule has 31 heavy (non-hydrogen) atoms. The summed E-state index contributed by atoms with van der Waals surface area (Å²) in [6.45, 7) is 11.2. The van der Waals surface area contributed by atoms with Crippen LogP contribution in [0.3, 0.4) is 0 Å². The fraction of sp³-hybridized carbons (Fsp3) is 0.346. The summed E-state index contributed by atoms with van der Waals surface area (Å²) in [6, 6.07) is 12.6. The molecule has 3 aromatic rings. The fourth-order valence-electron chi connectivity index (χ4n) is 4.29. The van der Waals surface area contributed by atoms with Crippen LogP contribution in [0.4, 0.5) is 0 Å². The van der Waals surface area contributed by atoms with Gasteiger partial charge in [0, 0.05) is 28.9 Å². The Labute approximate surface area is 182 Å². The van der Waals surface area contributed by atoms with E-state index in [-0.39, 0.29) is 17.3 Å². The molecule has 1 aliphatic rings. The topological polar surface area (TPSA) is 66.9 Å². The third-order valence-electron chi connectivity index (χ3n) is 5.44. The molecule has 1 aliphatic heterocycles. The molecule has 2 aromatic carbocycles. The van der Waals surface area contributed by atoms with Crippen molar-refractivity contribution in [2.75, 3.05) is 13.1 Å². The van der Waals surface area contributed by atoms with Gasteiger partial charge in [0.2, 0.25) is 5.78 Å². The first-order chi connectivity index (χ1) is 14.8. The molecule has 0 spiro atoms. The zero-order valence-corrected chi connectivity index (χ0v) is 18.5. The van der Waals surface area contributed by atoms with Crippen molar-refractivity contribution in [3.63, 3.8) is 0 Å². The largest absolute Gasteiger partial charge is 0.872 e. The number of carbonyl (C=O) groups excluding carboxylic acids is 1. The first-order valence-corrected chi connectivity index (χ1v) is 10.9. The summed E-state index contributed by atoms with van der Waals surface area (Å²) in [5, 5.41) is 13.7. The van der Waals surface area contributed by atoms with Crippen LogP contribution in [0, 0.1) is 11.8 Å². The second-order valence-corrected chi connectivity index (χ2v) is 9.17. The molecule has 5 heteroatoms. The minimum Gasteiger partial charge on any atom is -0.872 e. The summed E-state index contributed by atoms with van der Waals surface area (Å²) in [5.41, 5.74) is 1.78. The van der Waals surface area contributed by atoms with Crippen LogP contribution in [-0.2, 0) is 6.54 Å². The first kappa shape index (κ1) is 21.2. The molecule has 0 radical (unpaired) electrons. The average molecular weight is 420 g/mol. The van der Waals surface area contributed by atoms with Gasteiger partial charge in [-0.1, -0.05) is 57.7 Å². The molecular weight excluding hydrogens is 390 g/mol. The second kappa shape index (κ2) is 8.60. The van der Waals surface area contributed by atoms with Crippen molar-refractivity contribution in [2.45, 2.75) is 34.2 Å². The van der Waals surface area contributed by atoms with Crippen molar-refractivity contribution in [2.24, 2.45) is 11.8 Å². The third-order valence-corrected chi connectivity index (χ3v) is 5.44. The van der Waals surface area contributed by atoms with Crippen molar-refractivity contribution >= 4 is 22.8 Å². The molecule has 0 amide bonds. The number of carbonyl (C=O) groups is 1. The van der Waals surface area contributed by atoms with E-state index in [1.165, 1.54) is 11.0 Å². The van der Waals surface area contributed by atoms with Gasteiger partial charge in [-0.05, 0) is 18.2 Å². The maximum Gasteiger partial charge on any atom is 0.232 e. The van der Waals surface area contributed by atoms with Gasteiger partial charge in [0.15, 0.2) is 5.76 Å². The lowest BCUT2D eigenvalue weighted by atomic mass is 10.0. The third kappa shape index (κ3) is 4.52. The monoisotopic (exact) mass is 419 g/mol. The number of benzene rings is 2. The summed E-state index contributed by atoms with van der Waals surface area (Å²) >= 11 is 0. The number of hydrogen-bond acceptors (Lipinski definition) is 4. The lowest BCUT2D eigenvalue weighted by Gasteiger charge is -2.26. The molecular formula is C26H29NO4. The normalized spacial score (nSPS) is 14.9. The summed E-state index contributed by atoms with van der Waals surface area (Å²) in [4.78, 5) is 14.3. The molecule has 2 heterocycles. The molecule has 0 saturated heterocycles. The molecule has 0 aliphatic carbocycles. The summed E-state index contributed by atoms with van der Waals surface area (Å²) in [6.07, 6.45) is 1.61. The first-order valence-electron chi connectivity index (χ1n) is 10.9. The Hall–Kier alpha value is -3.05. The van der Waals surface area contributed by atoms with E-state index in [0.29, 0.717) is 41.0 Å².